The second kappa shape index (κ2) is 4.51. The molecule has 0 saturated carbocycles. The van der Waals surface area contributed by atoms with Gasteiger partial charge in [-0.05, 0) is 30.2 Å². The highest BCUT2D eigenvalue weighted by molar-refractivity contribution is 7.21. The molecule has 0 aliphatic carbocycles. The number of hydrogen-bond acceptors (Lipinski definition) is 5. The molecule has 0 amide bonds. The molecule has 1 aromatic carbocycles. The van der Waals surface area contributed by atoms with E-state index in [2.05, 4.69) is 9.97 Å². The number of hydrogen-bond donors (Lipinski definition) is 2. The minimum absolute atomic E-state index is 0.0359. The smallest absolute Gasteiger partial charge is 0.143 e. The minimum Gasteiger partial charge on any atom is -0.508 e. The fourth-order valence-electron chi connectivity index (χ4n) is 1.96. The Hall–Kier alpha value is -2.14. The molecule has 3 aromatic rings. The lowest BCUT2D eigenvalue weighted by molar-refractivity contribution is 0.447. The number of fused-ring (bicyclic) bond motifs is 1. The SMILES string of the molecule is CCc1cc(-c2nc3cccnc3s2)c(O)cc1O. The van der Waals surface area contributed by atoms with Crippen molar-refractivity contribution in [2.24, 2.45) is 0 Å². The van der Waals surface area contributed by atoms with E-state index < -0.39 is 0 Å². The number of phenols is 2. The lowest BCUT2D eigenvalue weighted by atomic mass is 10.1. The first-order valence-electron chi connectivity index (χ1n) is 5.96. The Kier molecular flexibility index (Phi) is 2.83. The largest absolute Gasteiger partial charge is 0.508 e. The van der Waals surface area contributed by atoms with Crippen LogP contribution in [0.5, 0.6) is 11.5 Å². The maximum atomic E-state index is 9.98. The molecule has 2 heterocycles. The van der Waals surface area contributed by atoms with Crippen LogP contribution in [0.25, 0.3) is 20.9 Å². The zero-order chi connectivity index (χ0) is 13.4. The van der Waals surface area contributed by atoms with Gasteiger partial charge in [0, 0.05) is 12.3 Å². The number of pyridine rings is 1. The molecule has 0 aliphatic heterocycles. The van der Waals surface area contributed by atoms with Crippen LogP contribution in [0.15, 0.2) is 30.5 Å². The molecular weight excluding hydrogens is 260 g/mol. The predicted octanol–water partition coefficient (Wildman–Crippen LogP) is 3.33. The second-order valence-corrected chi connectivity index (χ2v) is 5.18. The first kappa shape index (κ1) is 11.9. The summed E-state index contributed by atoms with van der Waals surface area (Å²) in [5.41, 5.74) is 2.24. The van der Waals surface area contributed by atoms with Gasteiger partial charge in [-0.15, -0.1) is 0 Å². The van der Waals surface area contributed by atoms with Gasteiger partial charge in [0.2, 0.25) is 0 Å². The molecule has 5 heteroatoms. The van der Waals surface area contributed by atoms with Gasteiger partial charge in [0.05, 0.1) is 5.56 Å². The molecule has 0 bridgehead atoms. The van der Waals surface area contributed by atoms with Crippen molar-refractivity contribution in [3.05, 3.63) is 36.0 Å². The van der Waals surface area contributed by atoms with Gasteiger partial charge < -0.3 is 10.2 Å². The molecule has 3 rings (SSSR count). The minimum atomic E-state index is 0.0359. The normalized spacial score (nSPS) is 11.0. The Morgan fingerprint density at radius 2 is 2.05 bits per heavy atom. The summed E-state index contributed by atoms with van der Waals surface area (Å²) < 4.78 is 0. The van der Waals surface area contributed by atoms with E-state index in [4.69, 9.17) is 0 Å². The maximum absolute atomic E-state index is 9.98. The third-order valence-corrected chi connectivity index (χ3v) is 3.99. The molecule has 96 valence electrons. The van der Waals surface area contributed by atoms with Gasteiger partial charge in [0.1, 0.15) is 26.9 Å². The van der Waals surface area contributed by atoms with Crippen LogP contribution in [-0.2, 0) is 6.42 Å². The lowest BCUT2D eigenvalue weighted by Crippen LogP contribution is -1.85. The summed E-state index contributed by atoms with van der Waals surface area (Å²) in [6.45, 7) is 1.95. The van der Waals surface area contributed by atoms with E-state index in [9.17, 15) is 10.2 Å². The molecule has 2 aromatic heterocycles. The van der Waals surface area contributed by atoms with Crippen molar-refractivity contribution >= 4 is 21.7 Å². The average molecular weight is 272 g/mol. The fourth-order valence-corrected chi connectivity index (χ4v) is 2.89. The average Bonchev–Trinajstić information content (AvgIpc) is 2.82. The fraction of sp³-hybridized carbons (Fsp3) is 0.143. The second-order valence-electron chi connectivity index (χ2n) is 4.20. The first-order chi connectivity index (χ1) is 9.19. The third-order valence-electron chi connectivity index (χ3n) is 2.97. The zero-order valence-electron chi connectivity index (χ0n) is 10.3. The number of aromatic hydroxyl groups is 2. The van der Waals surface area contributed by atoms with E-state index >= 15 is 0 Å². The van der Waals surface area contributed by atoms with Crippen LogP contribution < -0.4 is 0 Å². The summed E-state index contributed by atoms with van der Waals surface area (Å²) in [6, 6.07) is 6.87. The highest BCUT2D eigenvalue weighted by Gasteiger charge is 2.13. The lowest BCUT2D eigenvalue weighted by Gasteiger charge is -2.06. The van der Waals surface area contributed by atoms with Crippen LogP contribution in [0, 0.1) is 0 Å². The van der Waals surface area contributed by atoms with Crippen molar-refractivity contribution in [3.63, 3.8) is 0 Å². The van der Waals surface area contributed by atoms with Crippen molar-refractivity contribution in [3.8, 4) is 22.1 Å². The molecule has 0 spiro atoms. The molecule has 0 saturated heterocycles. The summed E-state index contributed by atoms with van der Waals surface area (Å²) in [5, 5.41) is 20.4. The molecule has 0 atom stereocenters. The predicted molar refractivity (Wildman–Crippen MR) is 75.6 cm³/mol. The van der Waals surface area contributed by atoms with Crippen LogP contribution in [0.3, 0.4) is 0 Å². The maximum Gasteiger partial charge on any atom is 0.143 e. The van der Waals surface area contributed by atoms with Crippen molar-refractivity contribution in [1.29, 1.82) is 0 Å². The van der Waals surface area contributed by atoms with Gasteiger partial charge >= 0.3 is 0 Å². The summed E-state index contributed by atoms with van der Waals surface area (Å²) >= 11 is 1.43. The number of rotatable bonds is 2. The quantitative estimate of drug-likeness (QED) is 0.751. The van der Waals surface area contributed by atoms with Gasteiger partial charge in [-0.25, -0.2) is 9.97 Å². The molecule has 0 radical (unpaired) electrons. The van der Waals surface area contributed by atoms with Gasteiger partial charge in [-0.1, -0.05) is 18.3 Å². The van der Waals surface area contributed by atoms with E-state index in [1.807, 2.05) is 19.1 Å². The van der Waals surface area contributed by atoms with Gasteiger partial charge in [0.15, 0.2) is 0 Å². The van der Waals surface area contributed by atoms with Gasteiger partial charge in [-0.3, -0.25) is 0 Å². The van der Waals surface area contributed by atoms with Gasteiger partial charge in [0.25, 0.3) is 0 Å². The zero-order valence-corrected chi connectivity index (χ0v) is 11.1. The number of nitrogens with zero attached hydrogens (tertiary/aromatic N) is 2. The molecular formula is C14H12N2O2S. The molecule has 4 nitrogen and oxygen atoms in total. The molecule has 0 fully saturated rings. The summed E-state index contributed by atoms with van der Waals surface area (Å²) in [5.74, 6) is 0.150. The van der Waals surface area contributed by atoms with Crippen LogP contribution >= 0.6 is 11.3 Å². The molecule has 0 aliphatic rings. The number of aromatic nitrogens is 2. The third kappa shape index (κ3) is 2.02. The number of aryl methyl sites for hydroxylation is 1. The highest BCUT2D eigenvalue weighted by atomic mass is 32.1. The van der Waals surface area contributed by atoms with Crippen molar-refractivity contribution in [2.75, 3.05) is 0 Å². The molecule has 0 unspecified atom stereocenters. The Balaban J connectivity index is 2.20. The van der Waals surface area contributed by atoms with E-state index in [0.717, 1.165) is 15.9 Å². The van der Waals surface area contributed by atoms with Crippen molar-refractivity contribution < 1.29 is 10.2 Å². The Labute approximate surface area is 114 Å². The number of benzene rings is 1. The van der Waals surface area contributed by atoms with E-state index in [1.165, 1.54) is 17.4 Å². The summed E-state index contributed by atoms with van der Waals surface area (Å²) in [6.07, 6.45) is 2.42. The number of thiazole rings is 1. The van der Waals surface area contributed by atoms with Crippen LogP contribution in [0.2, 0.25) is 0 Å². The van der Waals surface area contributed by atoms with E-state index in [0.29, 0.717) is 17.0 Å². The standard InChI is InChI=1S/C14H12N2O2S/c1-2-8-6-9(12(18)7-11(8)17)13-16-10-4-3-5-15-14(10)19-13/h3-7,17-18H,2H2,1H3. The van der Waals surface area contributed by atoms with E-state index in [-0.39, 0.29) is 11.5 Å². The highest BCUT2D eigenvalue weighted by Crippen LogP contribution is 2.38. The molecule has 2 N–H and O–H groups in total. The summed E-state index contributed by atoms with van der Waals surface area (Å²) in [4.78, 5) is 9.54. The van der Waals surface area contributed by atoms with Crippen LogP contribution in [0.4, 0.5) is 0 Å². The number of phenolic OH excluding ortho intramolecular Hbond substituents is 2. The van der Waals surface area contributed by atoms with Gasteiger partial charge in [-0.2, -0.15) is 0 Å². The Morgan fingerprint density at radius 1 is 1.21 bits per heavy atom. The van der Waals surface area contributed by atoms with Crippen LogP contribution in [-0.4, -0.2) is 20.2 Å². The topological polar surface area (TPSA) is 66.2 Å². The van der Waals surface area contributed by atoms with Crippen molar-refractivity contribution in [2.45, 2.75) is 13.3 Å². The Bertz CT molecular complexity index is 719. The summed E-state index contributed by atoms with van der Waals surface area (Å²) in [7, 11) is 0. The van der Waals surface area contributed by atoms with Crippen LogP contribution in [0.1, 0.15) is 12.5 Å². The first-order valence-corrected chi connectivity index (χ1v) is 6.77. The van der Waals surface area contributed by atoms with E-state index in [1.54, 1.807) is 12.3 Å². The molecule has 19 heavy (non-hydrogen) atoms. The monoisotopic (exact) mass is 272 g/mol. The Morgan fingerprint density at radius 3 is 2.79 bits per heavy atom. The van der Waals surface area contributed by atoms with Crippen molar-refractivity contribution in [1.82, 2.24) is 9.97 Å².